The minimum atomic E-state index is -2.86. The maximum absolute atomic E-state index is 10.7. The van der Waals surface area contributed by atoms with E-state index in [0.717, 1.165) is 13.1 Å². The van der Waals surface area contributed by atoms with E-state index in [1.54, 1.807) is 0 Å². The first kappa shape index (κ1) is 9.31. The first-order valence-corrected chi connectivity index (χ1v) is 5.84. The van der Waals surface area contributed by atoms with E-state index in [-0.39, 0.29) is 5.75 Å². The number of hydrogen-bond donors (Lipinski definition) is 2. The number of nitrogens with one attached hydrogen (secondary N) is 2. The highest BCUT2D eigenvalue weighted by Crippen LogP contribution is 1.83. The van der Waals surface area contributed by atoms with Gasteiger partial charge in [-0.3, -0.25) is 4.99 Å². The Bertz CT molecular complexity index is 271. The van der Waals surface area contributed by atoms with E-state index in [1.165, 1.54) is 6.26 Å². The molecule has 0 aliphatic carbocycles. The fourth-order valence-electron chi connectivity index (χ4n) is 0.871. The minimum absolute atomic E-state index is 0.147. The monoisotopic (exact) mass is 191 g/mol. The second kappa shape index (κ2) is 3.75. The van der Waals surface area contributed by atoms with Crippen molar-refractivity contribution in [3.05, 3.63) is 0 Å². The van der Waals surface area contributed by atoms with Crippen molar-refractivity contribution in [2.24, 2.45) is 4.99 Å². The zero-order chi connectivity index (χ0) is 9.03. The summed E-state index contributed by atoms with van der Waals surface area (Å²) >= 11 is 0. The topological polar surface area (TPSA) is 70.6 Å². The molecule has 1 rings (SSSR count). The van der Waals surface area contributed by atoms with Crippen molar-refractivity contribution in [1.29, 1.82) is 0 Å². The molecule has 12 heavy (non-hydrogen) atoms. The number of nitrogens with zero attached hydrogens (tertiary/aromatic N) is 1. The smallest absolute Gasteiger partial charge is 0.191 e. The molecule has 1 heterocycles. The van der Waals surface area contributed by atoms with E-state index >= 15 is 0 Å². The molecular formula is C6H13N3O2S. The van der Waals surface area contributed by atoms with Gasteiger partial charge in [-0.15, -0.1) is 0 Å². The highest BCUT2D eigenvalue weighted by atomic mass is 32.2. The standard InChI is InChI=1S/C6H13N3O2S/c1-12(10,11)5-4-9-6-7-2-3-8-6/h2-5H2,1H3,(H2,7,8,9). The molecule has 0 amide bonds. The molecule has 6 heteroatoms. The van der Waals surface area contributed by atoms with Gasteiger partial charge in [-0.2, -0.15) is 0 Å². The van der Waals surface area contributed by atoms with E-state index in [0.29, 0.717) is 12.5 Å². The summed E-state index contributed by atoms with van der Waals surface area (Å²) in [6.45, 7) is 2.02. The summed E-state index contributed by atoms with van der Waals surface area (Å²) < 4.78 is 21.4. The van der Waals surface area contributed by atoms with E-state index in [1.807, 2.05) is 0 Å². The number of guanidine groups is 1. The number of hydrogen-bond acceptors (Lipinski definition) is 5. The van der Waals surface area contributed by atoms with Gasteiger partial charge in [0, 0.05) is 19.3 Å². The van der Waals surface area contributed by atoms with Gasteiger partial charge in [-0.25, -0.2) is 8.42 Å². The second-order valence-corrected chi connectivity index (χ2v) is 4.97. The lowest BCUT2D eigenvalue weighted by Crippen LogP contribution is -2.36. The largest absolute Gasteiger partial charge is 0.355 e. The Morgan fingerprint density at radius 2 is 2.42 bits per heavy atom. The zero-order valence-electron chi connectivity index (χ0n) is 7.00. The van der Waals surface area contributed by atoms with Crippen molar-refractivity contribution >= 4 is 15.8 Å². The third-order valence-electron chi connectivity index (χ3n) is 1.44. The molecule has 0 saturated carbocycles. The van der Waals surface area contributed by atoms with Gasteiger partial charge >= 0.3 is 0 Å². The molecule has 0 fully saturated rings. The summed E-state index contributed by atoms with van der Waals surface area (Å²) in [5.74, 6) is 0.854. The Morgan fingerprint density at radius 1 is 1.67 bits per heavy atom. The van der Waals surface area contributed by atoms with Gasteiger partial charge in [0.05, 0.1) is 12.3 Å². The average molecular weight is 191 g/mol. The lowest BCUT2D eigenvalue weighted by molar-refractivity contribution is 0.600. The Balaban J connectivity index is 2.18. The van der Waals surface area contributed by atoms with Crippen LogP contribution in [0.25, 0.3) is 0 Å². The Morgan fingerprint density at radius 3 is 2.92 bits per heavy atom. The Labute approximate surface area is 72.2 Å². The maximum atomic E-state index is 10.7. The van der Waals surface area contributed by atoms with Crippen LogP contribution in [0, 0.1) is 0 Å². The first-order chi connectivity index (χ1) is 5.58. The predicted octanol–water partition coefficient (Wildman–Crippen LogP) is -1.42. The predicted molar refractivity (Wildman–Crippen MR) is 48.0 cm³/mol. The highest BCUT2D eigenvalue weighted by Gasteiger charge is 2.05. The number of rotatable bonds is 3. The van der Waals surface area contributed by atoms with Crippen molar-refractivity contribution in [1.82, 2.24) is 10.6 Å². The summed E-state index contributed by atoms with van der Waals surface area (Å²) in [4.78, 5) is 4.05. The van der Waals surface area contributed by atoms with E-state index in [9.17, 15) is 8.42 Å². The van der Waals surface area contributed by atoms with Crippen LogP contribution in [-0.4, -0.2) is 46.0 Å². The quantitative estimate of drug-likeness (QED) is 0.574. The molecule has 0 unspecified atom stereocenters. The fourth-order valence-corrected chi connectivity index (χ4v) is 1.34. The van der Waals surface area contributed by atoms with Crippen LogP contribution in [0.15, 0.2) is 4.99 Å². The summed E-state index contributed by atoms with van der Waals surface area (Å²) in [7, 11) is -2.86. The second-order valence-electron chi connectivity index (χ2n) is 2.71. The van der Waals surface area contributed by atoms with E-state index in [4.69, 9.17) is 0 Å². The van der Waals surface area contributed by atoms with Crippen LogP contribution in [0.2, 0.25) is 0 Å². The van der Waals surface area contributed by atoms with Gasteiger partial charge in [0.1, 0.15) is 9.84 Å². The Hall–Kier alpha value is -0.780. The van der Waals surface area contributed by atoms with Crippen LogP contribution < -0.4 is 10.6 Å². The summed E-state index contributed by atoms with van der Waals surface area (Å²) in [6.07, 6.45) is 1.22. The normalized spacial score (nSPS) is 16.9. The van der Waals surface area contributed by atoms with Crippen molar-refractivity contribution in [3.63, 3.8) is 0 Å². The summed E-state index contributed by atoms with van der Waals surface area (Å²) in [5, 5.41) is 5.88. The molecule has 1 aliphatic rings. The third-order valence-corrected chi connectivity index (χ3v) is 2.39. The maximum Gasteiger partial charge on any atom is 0.191 e. The van der Waals surface area contributed by atoms with Gasteiger partial charge < -0.3 is 10.6 Å². The van der Waals surface area contributed by atoms with Crippen molar-refractivity contribution in [3.8, 4) is 0 Å². The van der Waals surface area contributed by atoms with Crippen LogP contribution in [0.3, 0.4) is 0 Å². The molecule has 0 atom stereocenters. The van der Waals surface area contributed by atoms with Crippen LogP contribution in [0.1, 0.15) is 0 Å². The molecule has 0 aromatic carbocycles. The fraction of sp³-hybridized carbons (Fsp3) is 0.833. The molecule has 70 valence electrons. The van der Waals surface area contributed by atoms with Crippen LogP contribution in [0.4, 0.5) is 0 Å². The van der Waals surface area contributed by atoms with Crippen molar-refractivity contribution in [2.75, 3.05) is 31.6 Å². The van der Waals surface area contributed by atoms with Crippen LogP contribution >= 0.6 is 0 Å². The number of aliphatic imine (C=N–C) groups is 1. The van der Waals surface area contributed by atoms with Crippen molar-refractivity contribution in [2.45, 2.75) is 0 Å². The van der Waals surface area contributed by atoms with E-state index < -0.39 is 9.84 Å². The lowest BCUT2D eigenvalue weighted by atomic mass is 10.7. The molecule has 0 spiro atoms. The van der Waals surface area contributed by atoms with Gasteiger partial charge in [0.2, 0.25) is 0 Å². The molecule has 5 nitrogen and oxygen atoms in total. The molecule has 1 aliphatic heterocycles. The highest BCUT2D eigenvalue weighted by molar-refractivity contribution is 7.90. The summed E-state index contributed by atoms with van der Waals surface area (Å²) in [5.41, 5.74) is 0. The minimum Gasteiger partial charge on any atom is -0.355 e. The van der Waals surface area contributed by atoms with Crippen molar-refractivity contribution < 1.29 is 8.42 Å². The zero-order valence-corrected chi connectivity index (χ0v) is 7.82. The van der Waals surface area contributed by atoms with Gasteiger partial charge in [-0.1, -0.05) is 0 Å². The molecule has 0 radical (unpaired) electrons. The van der Waals surface area contributed by atoms with Crippen LogP contribution in [-0.2, 0) is 9.84 Å². The third kappa shape index (κ3) is 3.56. The van der Waals surface area contributed by atoms with Gasteiger partial charge in [0.15, 0.2) is 5.96 Å². The molecule has 0 aromatic heterocycles. The molecule has 2 N–H and O–H groups in total. The summed E-state index contributed by atoms with van der Waals surface area (Å²) in [6, 6.07) is 0. The molecule has 0 aromatic rings. The molecular weight excluding hydrogens is 178 g/mol. The molecule has 0 bridgehead atoms. The average Bonchev–Trinajstić information content (AvgIpc) is 2.36. The van der Waals surface area contributed by atoms with Gasteiger partial charge in [-0.05, 0) is 0 Å². The van der Waals surface area contributed by atoms with Crippen LogP contribution in [0.5, 0.6) is 0 Å². The lowest BCUT2D eigenvalue weighted by Gasteiger charge is -2.04. The molecule has 0 saturated heterocycles. The SMILES string of the molecule is CS(=O)(=O)CCNC1=NCCN1. The number of sulfone groups is 1. The van der Waals surface area contributed by atoms with E-state index in [2.05, 4.69) is 15.6 Å². The van der Waals surface area contributed by atoms with Gasteiger partial charge in [0.25, 0.3) is 0 Å². The first-order valence-electron chi connectivity index (χ1n) is 3.78. The Kier molecular flexibility index (Phi) is 2.91.